The van der Waals surface area contributed by atoms with Crippen LogP contribution in [0.2, 0.25) is 0 Å². The molecule has 1 atom stereocenters. The van der Waals surface area contributed by atoms with E-state index in [2.05, 4.69) is 192 Å². The molecule has 4 aromatic heterocycles. The van der Waals surface area contributed by atoms with Crippen molar-refractivity contribution in [3.05, 3.63) is 284 Å². The fourth-order valence-corrected chi connectivity index (χ4v) is 13.4. The van der Waals surface area contributed by atoms with E-state index in [0.717, 1.165) is 153 Å². The molecule has 144 heavy (non-hydrogen) atoms. The molecular formula is C124H164Ir4N8O8-4. The maximum absolute atomic E-state index is 11.5. The molecule has 12 aromatic rings. The van der Waals surface area contributed by atoms with E-state index in [-0.39, 0.29) is 154 Å². The first-order chi connectivity index (χ1) is 64.3. The number of para-hydroxylation sites is 4. The molecule has 20 heteroatoms. The number of hydrogen-bond donors (Lipinski definition) is 4. The van der Waals surface area contributed by atoms with Crippen molar-refractivity contribution in [2.24, 2.45) is 43.3 Å². The summed E-state index contributed by atoms with van der Waals surface area (Å²) in [5.74, 6) is 5.08. The van der Waals surface area contributed by atoms with Gasteiger partial charge in [-0.2, -0.15) is 0 Å². The summed E-state index contributed by atoms with van der Waals surface area (Å²) in [7, 11) is 0. The summed E-state index contributed by atoms with van der Waals surface area (Å²) in [6.45, 7) is 81.0. The summed E-state index contributed by atoms with van der Waals surface area (Å²) < 4.78 is 0. The molecule has 12 rings (SSSR count). The van der Waals surface area contributed by atoms with Gasteiger partial charge >= 0.3 is 0 Å². The average Bonchev–Trinajstić information content (AvgIpc) is 0.794. The van der Waals surface area contributed by atoms with Gasteiger partial charge in [-0.3, -0.25) is 59.0 Å². The summed E-state index contributed by atoms with van der Waals surface area (Å²) in [4.78, 5) is 83.6. The number of carbonyl (C=O) groups excluding carboxylic acids is 4. The van der Waals surface area contributed by atoms with Crippen LogP contribution in [0.1, 0.15) is 333 Å². The van der Waals surface area contributed by atoms with E-state index in [1.165, 1.54) is 46.6 Å². The van der Waals surface area contributed by atoms with E-state index in [4.69, 9.17) is 34.9 Å². The maximum atomic E-state index is 11.5. The summed E-state index contributed by atoms with van der Waals surface area (Å²) in [6, 6.07) is 63.8. The van der Waals surface area contributed by atoms with Crippen LogP contribution in [0.15, 0.2) is 193 Å². The molecule has 4 N–H and O–H groups in total. The monoisotopic (exact) mass is 2670 g/mol. The van der Waals surface area contributed by atoms with Crippen LogP contribution in [0, 0.1) is 123 Å². The van der Waals surface area contributed by atoms with Crippen LogP contribution in [0.3, 0.4) is 0 Å². The van der Waals surface area contributed by atoms with Gasteiger partial charge in [-0.1, -0.05) is 348 Å². The van der Waals surface area contributed by atoms with Gasteiger partial charge in [0.25, 0.3) is 0 Å². The molecular weight excluding hydrogens is 2500 g/mol. The van der Waals surface area contributed by atoms with Gasteiger partial charge < -0.3 is 20.4 Å². The first-order valence-corrected chi connectivity index (χ1v) is 49.2. The minimum absolute atomic E-state index is 0. The molecule has 0 saturated heterocycles. The van der Waals surface area contributed by atoms with E-state index in [1.54, 1.807) is 0 Å². The van der Waals surface area contributed by atoms with Crippen LogP contribution in [0.25, 0.3) is 89.2 Å². The Bertz CT molecular complexity index is 6230. The number of aromatic nitrogens is 8. The first-order valence-electron chi connectivity index (χ1n) is 49.2. The second-order valence-corrected chi connectivity index (χ2v) is 46.4. The molecule has 4 radical (unpaired) electrons. The quantitative estimate of drug-likeness (QED) is 0.0449. The predicted molar refractivity (Wildman–Crippen MR) is 586 cm³/mol. The van der Waals surface area contributed by atoms with Crippen molar-refractivity contribution in [2.45, 2.75) is 326 Å². The molecule has 788 valence electrons. The summed E-state index contributed by atoms with van der Waals surface area (Å²) in [5.41, 5.74) is 18.8. The van der Waals surface area contributed by atoms with Gasteiger partial charge in [-0.05, 0) is 75.1 Å². The Morgan fingerprint density at radius 3 is 0.722 bits per heavy atom. The molecule has 0 bridgehead atoms. The van der Waals surface area contributed by atoms with Crippen molar-refractivity contribution in [1.29, 1.82) is 0 Å². The second kappa shape index (κ2) is 56.1. The Kier molecular flexibility index (Phi) is 51.6. The van der Waals surface area contributed by atoms with Crippen molar-refractivity contribution in [3.63, 3.8) is 0 Å². The SMILES string of the molecule is CC(C)(C)C(=O)C=C(O)C(C)(C)C.CC(C)(C)C(=O)C=C(O)C(C)(C)C.CC(C)(C)C(=O)C=C(O)C(C)(C)C.CC(C)(C)C(=O)C=C(O)C(C)(C)C.CCC(C)c1cc(C)[c-]c(-c2nc(C)c3ccccc3n2)c1.CCC(CC)c1cc(C)[c-]c(-c2nc(C)c3ccccc3n2)c1.Cc1[c-]c(-c2nc(C)c3ccccc3n2)cc(C(C)(C)C)c1.Cc1[c-]c(-c2nc(C)c3ccccc3n2)cc(C(C)C)c1.[Ir].[Ir].[Ir].[Ir]. The Morgan fingerprint density at radius 1 is 0.285 bits per heavy atom. The van der Waals surface area contributed by atoms with Crippen LogP contribution < -0.4 is 0 Å². The van der Waals surface area contributed by atoms with Gasteiger partial charge in [0.2, 0.25) is 0 Å². The number of allylic oxidation sites excluding steroid dienone is 8. The Hall–Kier alpha value is -9.44. The molecule has 1 unspecified atom stereocenters. The van der Waals surface area contributed by atoms with Gasteiger partial charge in [0.15, 0.2) is 23.1 Å². The van der Waals surface area contributed by atoms with Crippen LogP contribution in [-0.4, -0.2) is 83.4 Å². The molecule has 0 aliphatic rings. The molecule has 0 aliphatic heterocycles. The molecule has 0 amide bonds. The zero-order chi connectivity index (χ0) is 106. The summed E-state index contributed by atoms with van der Waals surface area (Å²) in [6.07, 6.45) is 8.76. The van der Waals surface area contributed by atoms with E-state index in [1.807, 2.05) is 267 Å². The maximum Gasteiger partial charge on any atom is 0.164 e. The molecule has 16 nitrogen and oxygen atoms in total. The van der Waals surface area contributed by atoms with Crippen LogP contribution in [-0.2, 0) is 105 Å². The zero-order valence-electron chi connectivity index (χ0n) is 93.9. The topological polar surface area (TPSA) is 252 Å². The summed E-state index contributed by atoms with van der Waals surface area (Å²) >= 11 is 0. The van der Waals surface area contributed by atoms with Crippen LogP contribution in [0.4, 0.5) is 0 Å². The van der Waals surface area contributed by atoms with Gasteiger partial charge in [0.1, 0.15) is 23.0 Å². The molecule has 0 spiro atoms. The third-order valence-corrected chi connectivity index (χ3v) is 23.5. The number of aliphatic hydroxyl groups is 4. The number of aryl methyl sites for hydroxylation is 8. The molecule has 0 aliphatic carbocycles. The number of aliphatic hydroxyl groups excluding tert-OH is 4. The fraction of sp³-hybridized carbons (Fsp3) is 0.452. The molecule has 4 heterocycles. The number of hydrogen-bond acceptors (Lipinski definition) is 16. The number of carbonyl (C=O) groups is 4. The zero-order valence-corrected chi connectivity index (χ0v) is 103. The summed E-state index contributed by atoms with van der Waals surface area (Å²) in [5, 5.41) is 42.7. The molecule has 0 saturated carbocycles. The van der Waals surface area contributed by atoms with E-state index in [9.17, 15) is 39.6 Å². The predicted octanol–water partition coefficient (Wildman–Crippen LogP) is 33.0. The fourth-order valence-electron chi connectivity index (χ4n) is 13.4. The third kappa shape index (κ3) is 41.7. The first kappa shape index (κ1) is 133. The van der Waals surface area contributed by atoms with E-state index >= 15 is 0 Å². The normalized spacial score (nSPS) is 12.4. The van der Waals surface area contributed by atoms with E-state index in [0.29, 0.717) is 17.8 Å². The van der Waals surface area contributed by atoms with Gasteiger partial charge in [0.05, 0.1) is 45.4 Å². The minimum Gasteiger partial charge on any atom is -0.512 e. The van der Waals surface area contributed by atoms with Gasteiger partial charge in [-0.15, -0.1) is 140 Å². The standard InChI is InChI=1S/C21H23N2.2C20H21N2.C19H19N2.4C11H20O2.4Ir/c1-5-16(6-2)17-11-14(3)12-18(13-17)21-22-15(4)19-9-7-8-10-20(19)23-21;1-13-10-15(12-16(11-13)20(3,4)5)19-21-14(2)17-8-6-7-9-18(17)22-19;1-5-14(3)16-10-13(2)11-17(12-16)20-21-15(4)18-8-6-7-9-19(18)22-20;1-12(2)15-9-13(3)10-16(11-15)19-20-14(4)17-7-5-6-8-18(17)21-19;4*1-10(2,3)8(12)7-9(13)11(4,5)6;;;;/h7-11,13,16H,5-6H2,1-4H3;6-9,11-12H,1-5H3;6-10,12,14H,5H2,1-4H3;5-9,11-12H,1-4H3;4*7,12H,1-6H3;;;;/q4*-1;;;;;;;;. The average molecular weight is 2660 g/mol. The molecule has 0 fully saturated rings. The van der Waals surface area contributed by atoms with Crippen molar-refractivity contribution in [3.8, 4) is 45.6 Å². The van der Waals surface area contributed by atoms with Crippen LogP contribution in [0.5, 0.6) is 0 Å². The Balaban J connectivity index is 0.000000830. The largest absolute Gasteiger partial charge is 0.512 e. The minimum atomic E-state index is -0.417. The van der Waals surface area contributed by atoms with E-state index < -0.39 is 21.7 Å². The smallest absolute Gasteiger partial charge is 0.164 e. The van der Waals surface area contributed by atoms with Crippen molar-refractivity contribution >= 4 is 66.7 Å². The number of ketones is 4. The van der Waals surface area contributed by atoms with Crippen LogP contribution >= 0.6 is 0 Å². The second-order valence-electron chi connectivity index (χ2n) is 46.4. The number of rotatable bonds is 14. The number of fused-ring (bicyclic) bond motifs is 4. The van der Waals surface area contributed by atoms with Gasteiger partial charge in [-0.25, -0.2) is 0 Å². The van der Waals surface area contributed by atoms with Crippen molar-refractivity contribution in [2.75, 3.05) is 0 Å². The van der Waals surface area contributed by atoms with Crippen molar-refractivity contribution in [1.82, 2.24) is 39.9 Å². The van der Waals surface area contributed by atoms with Gasteiger partial charge in [0, 0.05) is 192 Å². The number of nitrogens with zero attached hydrogens (tertiary/aromatic N) is 8. The number of benzene rings is 8. The Morgan fingerprint density at radius 2 is 0.500 bits per heavy atom. The third-order valence-electron chi connectivity index (χ3n) is 23.5. The molecule has 8 aromatic carbocycles. The van der Waals surface area contributed by atoms with Crippen molar-refractivity contribution < 1.29 is 120 Å². The Labute approximate surface area is 918 Å².